The molecular weight excluding hydrogens is 171 g/mol. The maximum absolute atomic E-state index is 11.2. The van der Waals surface area contributed by atoms with Crippen LogP contribution in [0.4, 0.5) is 0 Å². The molecule has 1 atom stereocenters. The van der Waals surface area contributed by atoms with Gasteiger partial charge in [-0.05, 0) is 6.42 Å². The van der Waals surface area contributed by atoms with E-state index < -0.39 is 7.37 Å². The van der Waals surface area contributed by atoms with Crippen molar-refractivity contribution in [3.05, 3.63) is 0 Å². The summed E-state index contributed by atoms with van der Waals surface area (Å²) < 4.78 is 11.2. The van der Waals surface area contributed by atoms with E-state index in [2.05, 4.69) is 6.92 Å². The van der Waals surface area contributed by atoms with Crippen molar-refractivity contribution in [1.29, 1.82) is 0 Å². The van der Waals surface area contributed by atoms with Gasteiger partial charge in [0, 0.05) is 12.3 Å². The summed E-state index contributed by atoms with van der Waals surface area (Å²) in [6, 6.07) is 0. The Hall–Kier alpha value is 0.190. The van der Waals surface area contributed by atoms with Gasteiger partial charge >= 0.3 is 0 Å². The van der Waals surface area contributed by atoms with E-state index >= 15 is 0 Å². The highest BCUT2D eigenvalue weighted by Gasteiger charge is 2.13. The maximum atomic E-state index is 11.2. The van der Waals surface area contributed by atoms with Crippen LogP contribution in [0.3, 0.4) is 0 Å². The second-order valence-electron chi connectivity index (χ2n) is 3.30. The topological polar surface area (TPSA) is 37.3 Å². The Morgan fingerprint density at radius 3 is 2.17 bits per heavy atom. The standard InChI is InChI=1S/C9H21O2P/c1-3-5-6-7-8-9-12(10,11)4-2/h3-9H2,1-2H3,(H,10,11). The number of unbranched alkanes of at least 4 members (excludes halogenated alkanes) is 4. The summed E-state index contributed by atoms with van der Waals surface area (Å²) in [5, 5.41) is 0. The molecule has 0 amide bonds. The molecule has 0 radical (unpaired) electrons. The average molecular weight is 192 g/mol. The Balaban J connectivity index is 3.25. The predicted molar refractivity (Wildman–Crippen MR) is 54.0 cm³/mol. The van der Waals surface area contributed by atoms with Gasteiger partial charge in [0.05, 0.1) is 0 Å². The van der Waals surface area contributed by atoms with Gasteiger partial charge in [0.2, 0.25) is 0 Å². The lowest BCUT2D eigenvalue weighted by Gasteiger charge is -2.07. The molecular formula is C9H21O2P. The molecule has 12 heavy (non-hydrogen) atoms. The zero-order chi connectivity index (χ0) is 9.45. The van der Waals surface area contributed by atoms with Gasteiger partial charge in [0.25, 0.3) is 0 Å². The fourth-order valence-corrected chi connectivity index (χ4v) is 2.15. The lowest BCUT2D eigenvalue weighted by atomic mass is 10.2. The fourth-order valence-electron chi connectivity index (χ4n) is 1.12. The molecule has 1 unspecified atom stereocenters. The second kappa shape index (κ2) is 6.68. The molecule has 3 heteroatoms. The zero-order valence-corrected chi connectivity index (χ0v) is 9.15. The van der Waals surface area contributed by atoms with Crippen LogP contribution < -0.4 is 0 Å². The molecule has 0 rings (SSSR count). The van der Waals surface area contributed by atoms with E-state index in [4.69, 9.17) is 0 Å². The zero-order valence-electron chi connectivity index (χ0n) is 8.25. The van der Waals surface area contributed by atoms with Gasteiger partial charge in [-0.2, -0.15) is 0 Å². The minimum atomic E-state index is -2.72. The Labute approximate surface area is 75.8 Å². The molecule has 2 nitrogen and oxygen atoms in total. The fraction of sp³-hybridized carbons (Fsp3) is 1.00. The first-order valence-corrected chi connectivity index (χ1v) is 6.96. The molecule has 0 aromatic heterocycles. The van der Waals surface area contributed by atoms with Gasteiger partial charge in [0.1, 0.15) is 0 Å². The van der Waals surface area contributed by atoms with E-state index in [1.54, 1.807) is 6.92 Å². The first-order chi connectivity index (χ1) is 5.62. The van der Waals surface area contributed by atoms with Gasteiger partial charge in [-0.3, -0.25) is 4.57 Å². The van der Waals surface area contributed by atoms with Crippen molar-refractivity contribution >= 4 is 7.37 Å². The van der Waals surface area contributed by atoms with E-state index in [9.17, 15) is 9.46 Å². The molecule has 0 fully saturated rings. The summed E-state index contributed by atoms with van der Waals surface area (Å²) in [5.74, 6) is 0. The quantitative estimate of drug-likeness (QED) is 0.496. The van der Waals surface area contributed by atoms with Crippen LogP contribution in [0.25, 0.3) is 0 Å². The SMILES string of the molecule is CCCCCCCP(=O)(O)CC. The van der Waals surface area contributed by atoms with E-state index in [1.807, 2.05) is 0 Å². The molecule has 0 saturated heterocycles. The van der Waals surface area contributed by atoms with E-state index in [0.29, 0.717) is 12.3 Å². The summed E-state index contributed by atoms with van der Waals surface area (Å²) in [4.78, 5) is 9.24. The molecule has 1 N–H and O–H groups in total. The molecule has 0 aromatic rings. The van der Waals surface area contributed by atoms with Gasteiger partial charge in [-0.1, -0.05) is 39.5 Å². The Morgan fingerprint density at radius 1 is 1.08 bits per heavy atom. The molecule has 0 aliphatic carbocycles. The third-order valence-electron chi connectivity index (χ3n) is 2.11. The van der Waals surface area contributed by atoms with Crippen molar-refractivity contribution < 1.29 is 9.46 Å². The Kier molecular flexibility index (Phi) is 6.78. The highest BCUT2D eigenvalue weighted by molar-refractivity contribution is 7.57. The summed E-state index contributed by atoms with van der Waals surface area (Å²) in [7, 11) is -2.72. The molecule has 0 aliphatic heterocycles. The molecule has 0 aliphatic rings. The van der Waals surface area contributed by atoms with Crippen LogP contribution in [0, 0.1) is 0 Å². The first-order valence-electron chi connectivity index (χ1n) is 4.93. The van der Waals surface area contributed by atoms with Crippen molar-refractivity contribution in [2.75, 3.05) is 12.3 Å². The van der Waals surface area contributed by atoms with E-state index in [-0.39, 0.29) is 0 Å². The van der Waals surface area contributed by atoms with E-state index in [0.717, 1.165) is 12.8 Å². The predicted octanol–water partition coefficient (Wildman–Crippen LogP) is 3.25. The summed E-state index contributed by atoms with van der Waals surface area (Å²) in [6.07, 6.45) is 6.67. The minimum absolute atomic E-state index is 0.431. The third kappa shape index (κ3) is 6.87. The van der Waals surface area contributed by atoms with Crippen molar-refractivity contribution in [2.45, 2.75) is 46.0 Å². The van der Waals surface area contributed by atoms with Crippen LogP contribution in [0.2, 0.25) is 0 Å². The summed E-state index contributed by atoms with van der Waals surface area (Å²) >= 11 is 0. The number of hydrogen-bond acceptors (Lipinski definition) is 1. The highest BCUT2D eigenvalue weighted by Crippen LogP contribution is 2.40. The van der Waals surface area contributed by atoms with Gasteiger partial charge in [-0.15, -0.1) is 0 Å². The number of rotatable bonds is 7. The smallest absolute Gasteiger partial charge is 0.200 e. The van der Waals surface area contributed by atoms with Crippen LogP contribution in [0.15, 0.2) is 0 Å². The molecule has 74 valence electrons. The van der Waals surface area contributed by atoms with E-state index in [1.165, 1.54) is 19.3 Å². The summed E-state index contributed by atoms with van der Waals surface area (Å²) in [5.41, 5.74) is 0. The van der Waals surface area contributed by atoms with Crippen LogP contribution in [0.5, 0.6) is 0 Å². The Morgan fingerprint density at radius 2 is 1.67 bits per heavy atom. The average Bonchev–Trinajstić information content (AvgIpc) is 2.04. The van der Waals surface area contributed by atoms with Crippen molar-refractivity contribution in [3.8, 4) is 0 Å². The molecule has 0 aromatic carbocycles. The minimum Gasteiger partial charge on any atom is -0.344 e. The highest BCUT2D eigenvalue weighted by atomic mass is 31.2. The molecule has 0 saturated carbocycles. The number of hydrogen-bond donors (Lipinski definition) is 1. The van der Waals surface area contributed by atoms with Crippen molar-refractivity contribution in [3.63, 3.8) is 0 Å². The van der Waals surface area contributed by atoms with Crippen LogP contribution in [0.1, 0.15) is 46.0 Å². The lowest BCUT2D eigenvalue weighted by molar-refractivity contribution is 0.475. The van der Waals surface area contributed by atoms with Gasteiger partial charge in [-0.25, -0.2) is 0 Å². The first kappa shape index (κ1) is 12.2. The molecule has 0 bridgehead atoms. The van der Waals surface area contributed by atoms with Gasteiger partial charge in [0.15, 0.2) is 7.37 Å². The Bertz CT molecular complexity index is 145. The van der Waals surface area contributed by atoms with Crippen molar-refractivity contribution in [2.24, 2.45) is 0 Å². The van der Waals surface area contributed by atoms with Crippen LogP contribution in [-0.4, -0.2) is 17.2 Å². The lowest BCUT2D eigenvalue weighted by Crippen LogP contribution is -1.91. The monoisotopic (exact) mass is 192 g/mol. The maximum Gasteiger partial charge on any atom is 0.200 e. The van der Waals surface area contributed by atoms with Crippen LogP contribution in [-0.2, 0) is 4.57 Å². The molecule has 0 heterocycles. The normalized spacial score (nSPS) is 15.9. The second-order valence-corrected chi connectivity index (χ2v) is 6.07. The summed E-state index contributed by atoms with van der Waals surface area (Å²) in [6.45, 7) is 3.95. The van der Waals surface area contributed by atoms with Crippen LogP contribution >= 0.6 is 7.37 Å². The third-order valence-corrected chi connectivity index (χ3v) is 4.11. The largest absolute Gasteiger partial charge is 0.344 e. The van der Waals surface area contributed by atoms with Gasteiger partial charge < -0.3 is 4.89 Å². The van der Waals surface area contributed by atoms with Crippen molar-refractivity contribution in [1.82, 2.24) is 0 Å². The molecule has 0 spiro atoms.